The Morgan fingerprint density at radius 1 is 1.47 bits per heavy atom. The Labute approximate surface area is 109 Å². The molecule has 0 aliphatic heterocycles. The Bertz CT molecular complexity index is 571. The molecule has 2 aromatic heterocycles. The molecule has 3 nitrogen and oxygen atoms in total. The minimum atomic E-state index is -0.0423. The minimum Gasteiger partial charge on any atom is -0.294 e. The molecule has 0 aliphatic rings. The van der Waals surface area contributed by atoms with Crippen molar-refractivity contribution in [2.75, 3.05) is 5.88 Å². The van der Waals surface area contributed by atoms with Crippen molar-refractivity contribution in [3.8, 4) is 5.13 Å². The fourth-order valence-corrected chi connectivity index (χ4v) is 2.87. The van der Waals surface area contributed by atoms with Gasteiger partial charge in [-0.1, -0.05) is 0 Å². The Balaban J connectivity index is 2.56. The number of carbonyl (C=O) groups excluding carboxylic acids is 1. The molecular formula is C12H13ClN2OS. The Kier molecular flexibility index (Phi) is 3.35. The largest absolute Gasteiger partial charge is 0.294 e. The van der Waals surface area contributed by atoms with E-state index in [4.69, 9.17) is 11.6 Å². The van der Waals surface area contributed by atoms with Crippen LogP contribution in [0.25, 0.3) is 5.13 Å². The van der Waals surface area contributed by atoms with Crippen molar-refractivity contribution in [1.82, 2.24) is 9.55 Å². The predicted octanol–water partition coefficient (Wildman–Crippen LogP) is 3.28. The summed E-state index contributed by atoms with van der Waals surface area (Å²) in [6.07, 6.45) is 1.84. The van der Waals surface area contributed by atoms with Gasteiger partial charge in [0.2, 0.25) is 0 Å². The zero-order chi connectivity index (χ0) is 12.6. The summed E-state index contributed by atoms with van der Waals surface area (Å²) in [5.41, 5.74) is 2.60. The van der Waals surface area contributed by atoms with Crippen molar-refractivity contribution in [2.24, 2.45) is 0 Å². The number of hydrogen-bond acceptors (Lipinski definition) is 3. The van der Waals surface area contributed by atoms with Gasteiger partial charge in [0, 0.05) is 28.0 Å². The van der Waals surface area contributed by atoms with Crippen molar-refractivity contribution in [3.05, 3.63) is 34.1 Å². The van der Waals surface area contributed by atoms with Gasteiger partial charge in [0.25, 0.3) is 0 Å². The molecule has 0 radical (unpaired) electrons. The van der Waals surface area contributed by atoms with E-state index in [0.717, 1.165) is 21.4 Å². The number of aryl methyl sites for hydroxylation is 2. The van der Waals surface area contributed by atoms with E-state index in [1.54, 1.807) is 11.3 Å². The van der Waals surface area contributed by atoms with E-state index in [1.807, 2.05) is 37.6 Å². The third-order valence-electron chi connectivity index (χ3n) is 2.65. The lowest BCUT2D eigenvalue weighted by Crippen LogP contribution is -2.03. The number of nitrogens with zero attached hydrogens (tertiary/aromatic N) is 2. The van der Waals surface area contributed by atoms with E-state index in [9.17, 15) is 4.79 Å². The second-order valence-corrected chi connectivity index (χ2v) is 5.41. The molecule has 2 rings (SSSR count). The van der Waals surface area contributed by atoms with E-state index in [0.29, 0.717) is 5.56 Å². The standard InChI is InChI=1S/C12H13ClN2OS/c1-7-4-10(11(16)5-13)9(3)15(7)12-14-6-8(2)17-12/h4,6H,5H2,1-3H3. The van der Waals surface area contributed by atoms with Gasteiger partial charge in [-0.3, -0.25) is 9.36 Å². The van der Waals surface area contributed by atoms with E-state index >= 15 is 0 Å². The van der Waals surface area contributed by atoms with E-state index < -0.39 is 0 Å². The average Bonchev–Trinajstić information content (AvgIpc) is 2.82. The van der Waals surface area contributed by atoms with Crippen LogP contribution in [-0.2, 0) is 0 Å². The zero-order valence-corrected chi connectivity index (χ0v) is 11.5. The summed E-state index contributed by atoms with van der Waals surface area (Å²) in [6.45, 7) is 5.90. The summed E-state index contributed by atoms with van der Waals surface area (Å²) in [7, 11) is 0. The first-order valence-electron chi connectivity index (χ1n) is 5.25. The molecule has 0 saturated carbocycles. The molecule has 0 unspecified atom stereocenters. The maximum atomic E-state index is 11.7. The SMILES string of the molecule is Cc1cnc(-n2c(C)cc(C(=O)CCl)c2C)s1. The molecule has 0 saturated heterocycles. The molecular weight excluding hydrogens is 256 g/mol. The smallest absolute Gasteiger partial charge is 0.194 e. The van der Waals surface area contributed by atoms with Crippen LogP contribution >= 0.6 is 22.9 Å². The summed E-state index contributed by atoms with van der Waals surface area (Å²) in [4.78, 5) is 17.2. The molecule has 0 fully saturated rings. The molecule has 0 aliphatic carbocycles. The lowest BCUT2D eigenvalue weighted by molar-refractivity contribution is 0.102. The second kappa shape index (κ2) is 4.63. The first-order valence-corrected chi connectivity index (χ1v) is 6.60. The number of Topliss-reactive ketones (excluding diaryl/α,β-unsaturated/α-hetero) is 1. The number of alkyl halides is 1. The molecule has 0 spiro atoms. The maximum Gasteiger partial charge on any atom is 0.194 e. The molecule has 0 amide bonds. The third kappa shape index (κ3) is 2.15. The normalized spacial score (nSPS) is 10.8. The van der Waals surface area contributed by atoms with Crippen LogP contribution < -0.4 is 0 Å². The second-order valence-electron chi connectivity index (χ2n) is 3.93. The number of rotatable bonds is 3. The molecule has 0 aromatic carbocycles. The first kappa shape index (κ1) is 12.3. The molecule has 5 heteroatoms. The number of aromatic nitrogens is 2. The Morgan fingerprint density at radius 3 is 2.71 bits per heavy atom. The number of ketones is 1. The molecule has 90 valence electrons. The summed E-state index contributed by atoms with van der Waals surface area (Å²) in [5.74, 6) is -0.0273. The lowest BCUT2D eigenvalue weighted by Gasteiger charge is -2.04. The lowest BCUT2D eigenvalue weighted by atomic mass is 10.2. The van der Waals surface area contributed by atoms with Gasteiger partial charge in [0.15, 0.2) is 10.9 Å². The average molecular weight is 269 g/mol. The highest BCUT2D eigenvalue weighted by Crippen LogP contribution is 2.24. The number of hydrogen-bond donors (Lipinski definition) is 0. The van der Waals surface area contributed by atoms with Gasteiger partial charge in [-0.25, -0.2) is 4.98 Å². The van der Waals surface area contributed by atoms with Gasteiger partial charge in [0.05, 0.1) is 5.88 Å². The van der Waals surface area contributed by atoms with Crippen molar-refractivity contribution < 1.29 is 4.79 Å². The molecule has 17 heavy (non-hydrogen) atoms. The van der Waals surface area contributed by atoms with Gasteiger partial charge < -0.3 is 0 Å². The van der Waals surface area contributed by atoms with Gasteiger partial charge >= 0.3 is 0 Å². The van der Waals surface area contributed by atoms with E-state index in [-0.39, 0.29) is 11.7 Å². The number of thiazole rings is 1. The van der Waals surface area contributed by atoms with Crippen LogP contribution in [-0.4, -0.2) is 21.2 Å². The van der Waals surface area contributed by atoms with Crippen LogP contribution in [0.2, 0.25) is 0 Å². The van der Waals surface area contributed by atoms with Gasteiger partial charge in [-0.15, -0.1) is 22.9 Å². The summed E-state index contributed by atoms with van der Waals surface area (Å²) in [6, 6.07) is 1.87. The Hall–Kier alpha value is -1.13. The van der Waals surface area contributed by atoms with Crippen LogP contribution in [0.3, 0.4) is 0 Å². The van der Waals surface area contributed by atoms with Crippen LogP contribution in [0.5, 0.6) is 0 Å². The van der Waals surface area contributed by atoms with Crippen LogP contribution in [0.1, 0.15) is 26.6 Å². The topological polar surface area (TPSA) is 34.9 Å². The highest BCUT2D eigenvalue weighted by Gasteiger charge is 2.17. The first-order chi connectivity index (χ1) is 8.04. The molecule has 0 N–H and O–H groups in total. The van der Waals surface area contributed by atoms with Crippen molar-refractivity contribution in [2.45, 2.75) is 20.8 Å². The summed E-state index contributed by atoms with van der Waals surface area (Å²) < 4.78 is 2.00. The van der Waals surface area contributed by atoms with Crippen LogP contribution in [0, 0.1) is 20.8 Å². The number of carbonyl (C=O) groups is 1. The fraction of sp³-hybridized carbons (Fsp3) is 0.333. The minimum absolute atomic E-state index is 0.0151. The quantitative estimate of drug-likeness (QED) is 0.632. The highest BCUT2D eigenvalue weighted by molar-refractivity contribution is 7.14. The third-order valence-corrected chi connectivity index (χ3v) is 3.79. The fourth-order valence-electron chi connectivity index (χ4n) is 1.86. The molecule has 0 bridgehead atoms. The summed E-state index contributed by atoms with van der Waals surface area (Å²) in [5, 5.41) is 0.895. The van der Waals surface area contributed by atoms with Crippen molar-refractivity contribution >= 4 is 28.7 Å². The monoisotopic (exact) mass is 268 g/mol. The molecule has 0 atom stereocenters. The Morgan fingerprint density at radius 2 is 2.18 bits per heavy atom. The van der Waals surface area contributed by atoms with Crippen LogP contribution in [0.4, 0.5) is 0 Å². The van der Waals surface area contributed by atoms with Gasteiger partial charge in [-0.2, -0.15) is 0 Å². The number of halogens is 1. The van der Waals surface area contributed by atoms with Gasteiger partial charge in [-0.05, 0) is 26.8 Å². The highest BCUT2D eigenvalue weighted by atomic mass is 35.5. The van der Waals surface area contributed by atoms with Gasteiger partial charge in [0.1, 0.15) is 0 Å². The van der Waals surface area contributed by atoms with Crippen molar-refractivity contribution in [1.29, 1.82) is 0 Å². The summed E-state index contributed by atoms with van der Waals surface area (Å²) >= 11 is 7.21. The zero-order valence-electron chi connectivity index (χ0n) is 9.95. The molecule has 2 aromatic rings. The van der Waals surface area contributed by atoms with Crippen molar-refractivity contribution in [3.63, 3.8) is 0 Å². The van der Waals surface area contributed by atoms with E-state index in [1.165, 1.54) is 0 Å². The van der Waals surface area contributed by atoms with E-state index in [2.05, 4.69) is 4.98 Å². The predicted molar refractivity (Wildman–Crippen MR) is 70.7 cm³/mol. The maximum absolute atomic E-state index is 11.7. The van der Waals surface area contributed by atoms with Crippen LogP contribution in [0.15, 0.2) is 12.3 Å². The molecule has 2 heterocycles.